The van der Waals surface area contributed by atoms with Gasteiger partial charge >= 0.3 is 75.9 Å². The summed E-state index contributed by atoms with van der Waals surface area (Å²) in [5, 5.41) is 0. The van der Waals surface area contributed by atoms with E-state index in [1.165, 1.54) is 0 Å². The fraction of sp³-hybridized carbons (Fsp3) is 0. The summed E-state index contributed by atoms with van der Waals surface area (Å²) in [6.45, 7) is 0. The van der Waals surface area contributed by atoms with Crippen LogP contribution < -0.4 is 8.19 Å². The molecule has 0 saturated carbocycles. The largest absolute Gasteiger partial charge is 2.00 e. The molecule has 0 N–H and O–H groups in total. The van der Waals surface area contributed by atoms with Gasteiger partial charge in [0.2, 0.25) is 0 Å². The molecule has 0 aromatic heterocycles. The van der Waals surface area contributed by atoms with Crippen molar-refractivity contribution in [3.8, 4) is 0 Å². The van der Waals surface area contributed by atoms with E-state index in [9.17, 15) is 0 Å². The molecule has 9 heteroatoms. The van der Waals surface area contributed by atoms with E-state index in [4.69, 9.17) is 23.1 Å². The first kappa shape index (κ1) is 16.5. The summed E-state index contributed by atoms with van der Waals surface area (Å²) in [6, 6.07) is 0. The molecule has 0 saturated heterocycles. The standard InChI is InChI=1S/2AsHO3.Mg/c2*2-1(3)4;/h2*(H,2,3,4);/q;;+2/p-2. The molecule has 0 aliphatic carbocycles. The second-order valence-electron chi connectivity index (χ2n) is 0.447. The molecule has 6 nitrogen and oxygen atoms in total. The van der Waals surface area contributed by atoms with Gasteiger partial charge < -0.3 is 0 Å². The van der Waals surface area contributed by atoms with Crippen LogP contribution in [0.4, 0.5) is 0 Å². The molecule has 0 heterocycles. The third-order valence-electron chi connectivity index (χ3n) is 0. The van der Waals surface area contributed by atoms with E-state index in [2.05, 4.69) is 0 Å². The van der Waals surface area contributed by atoms with Gasteiger partial charge in [0.05, 0.1) is 0 Å². The maximum atomic E-state index is 8.56. The zero-order valence-electron chi connectivity index (χ0n) is 4.05. The van der Waals surface area contributed by atoms with Gasteiger partial charge in [0.1, 0.15) is 0 Å². The minimum Gasteiger partial charge on any atom is 2.00 e. The summed E-state index contributed by atoms with van der Waals surface area (Å²) in [5.41, 5.74) is 0. The Balaban J connectivity index is -0.0000000720. The van der Waals surface area contributed by atoms with Crippen LogP contribution in [0, 0.1) is 0 Å². The average molecular weight is 270 g/mol. The summed E-state index contributed by atoms with van der Waals surface area (Å²) in [6.07, 6.45) is 0. The first-order valence-corrected chi connectivity index (χ1v) is 5.69. The Morgan fingerprint density at radius 2 is 0.778 bits per heavy atom. The molecule has 0 bridgehead atoms. The van der Waals surface area contributed by atoms with Gasteiger partial charge in [0.15, 0.2) is 0 Å². The molecule has 9 heavy (non-hydrogen) atoms. The third-order valence-corrected chi connectivity index (χ3v) is 0. The minimum atomic E-state index is -3.94. The summed E-state index contributed by atoms with van der Waals surface area (Å²) in [4.78, 5) is 0. The first-order chi connectivity index (χ1) is 3.46. The predicted octanol–water partition coefficient (Wildman–Crippen LogP) is -4.00. The molecule has 0 aromatic carbocycles. The molecule has 0 unspecified atom stereocenters. The number of hydrogen-bond donors (Lipinski definition) is 0. The Kier molecular flexibility index (Phi) is 21.6. The molecule has 0 spiro atoms. The van der Waals surface area contributed by atoms with Crippen LogP contribution in [0.2, 0.25) is 0 Å². The van der Waals surface area contributed by atoms with Gasteiger partial charge in [-0.25, -0.2) is 0 Å². The van der Waals surface area contributed by atoms with Crippen molar-refractivity contribution in [3.05, 3.63) is 0 Å². The minimum absolute atomic E-state index is 0. The van der Waals surface area contributed by atoms with Gasteiger partial charge in [-0.15, -0.1) is 0 Å². The van der Waals surface area contributed by atoms with Crippen LogP contribution in [0.3, 0.4) is 0 Å². The normalized spacial score (nSPS) is 5.56. The van der Waals surface area contributed by atoms with Crippen LogP contribution in [0.1, 0.15) is 0 Å². The van der Waals surface area contributed by atoms with Crippen molar-refractivity contribution in [2.24, 2.45) is 0 Å². The topological polar surface area (TPSA) is 114 Å². The van der Waals surface area contributed by atoms with Gasteiger partial charge in [0.25, 0.3) is 0 Å². The van der Waals surface area contributed by atoms with E-state index in [-0.39, 0.29) is 23.1 Å². The molecule has 48 valence electrons. The van der Waals surface area contributed by atoms with Crippen molar-refractivity contribution in [2.75, 3.05) is 0 Å². The molecule has 0 fully saturated rings. The molecule has 0 aliphatic rings. The van der Waals surface area contributed by atoms with Gasteiger partial charge in [-0.2, -0.15) is 0 Å². The average Bonchev–Trinajstić information content (AvgIpc) is 1.25. The molecular weight excluding hydrogens is 270 g/mol. The Morgan fingerprint density at radius 3 is 0.778 bits per heavy atom. The number of rotatable bonds is 0. The SMILES string of the molecule is O=[As](=O)[O-].O=[As](=O)[O-].[Mg+2]. The maximum Gasteiger partial charge on any atom is 2.00 e. The smallest absolute Gasteiger partial charge is 2.00 e. The zero-order valence-corrected chi connectivity index (χ0v) is 9.22. The van der Waals surface area contributed by atoms with E-state index in [1.807, 2.05) is 0 Å². The maximum absolute atomic E-state index is 8.56. The van der Waals surface area contributed by atoms with Crippen LogP contribution in [0.15, 0.2) is 0 Å². The summed E-state index contributed by atoms with van der Waals surface area (Å²) in [5.74, 6) is 0. The number of hydrogen-bond acceptors (Lipinski definition) is 6. The van der Waals surface area contributed by atoms with Gasteiger partial charge in [-0.1, -0.05) is 0 Å². The molecule has 0 atom stereocenters. The zero-order chi connectivity index (χ0) is 7.15. The van der Waals surface area contributed by atoms with Crippen LogP contribution in [0.5, 0.6) is 0 Å². The predicted molar refractivity (Wildman–Crippen MR) is 20.0 cm³/mol. The van der Waals surface area contributed by atoms with Crippen LogP contribution in [0.25, 0.3) is 0 Å². The second-order valence-corrected chi connectivity index (χ2v) is 2.32. The van der Waals surface area contributed by atoms with E-state index in [1.54, 1.807) is 0 Å². The Labute approximate surface area is 75.5 Å². The van der Waals surface area contributed by atoms with Crippen LogP contribution in [-0.2, 0) is 15.0 Å². The molecule has 0 amide bonds. The third kappa shape index (κ3) is 439. The summed E-state index contributed by atoms with van der Waals surface area (Å²) >= 11 is -7.88. The van der Waals surface area contributed by atoms with Gasteiger partial charge in [0, 0.05) is 0 Å². The Morgan fingerprint density at radius 1 is 0.778 bits per heavy atom. The van der Waals surface area contributed by atoms with Crippen LogP contribution >= 0.6 is 0 Å². The van der Waals surface area contributed by atoms with Crippen molar-refractivity contribution < 1.29 is 23.1 Å². The molecule has 0 aliphatic heterocycles. The van der Waals surface area contributed by atoms with Crippen LogP contribution in [-0.4, -0.2) is 52.8 Å². The molecule has 0 rings (SSSR count). The van der Waals surface area contributed by atoms with Gasteiger partial charge in [-0.3, -0.25) is 0 Å². The van der Waals surface area contributed by atoms with Crippen molar-refractivity contribution in [2.45, 2.75) is 0 Å². The molecule has 0 aromatic rings. The van der Waals surface area contributed by atoms with E-state index in [0.717, 1.165) is 0 Å². The van der Waals surface area contributed by atoms with E-state index < -0.39 is 29.7 Å². The van der Waals surface area contributed by atoms with Crippen molar-refractivity contribution in [1.82, 2.24) is 0 Å². The Hall–Kier alpha value is 1.00. The van der Waals surface area contributed by atoms with Crippen molar-refractivity contribution in [3.63, 3.8) is 0 Å². The fourth-order valence-electron chi connectivity index (χ4n) is 0. The van der Waals surface area contributed by atoms with Crippen molar-refractivity contribution >= 4 is 52.8 Å². The second kappa shape index (κ2) is 11.8. The quantitative estimate of drug-likeness (QED) is 0.414. The van der Waals surface area contributed by atoms with Gasteiger partial charge in [-0.05, 0) is 0 Å². The first-order valence-electron chi connectivity index (χ1n) is 1.10. The van der Waals surface area contributed by atoms with E-state index in [0.29, 0.717) is 0 Å². The monoisotopic (exact) mass is 270 g/mol. The Bertz CT molecular complexity index is 128. The fourth-order valence-corrected chi connectivity index (χ4v) is 0. The van der Waals surface area contributed by atoms with Crippen molar-refractivity contribution in [1.29, 1.82) is 0 Å². The summed E-state index contributed by atoms with van der Waals surface area (Å²) < 4.78 is 51.4. The molecular formula is As2MgO6. The summed E-state index contributed by atoms with van der Waals surface area (Å²) in [7, 11) is 0. The molecule has 0 radical (unpaired) electrons. The van der Waals surface area contributed by atoms with E-state index >= 15 is 0 Å².